The number of aromatic nitrogens is 1. The average Bonchev–Trinajstić information content (AvgIpc) is 3.51. The normalized spacial score (nSPS) is 14.0. The zero-order valence-electron chi connectivity index (χ0n) is 28.1. The first kappa shape index (κ1) is 33.6. The molecule has 2 heterocycles. The Morgan fingerprint density at radius 2 is 1.49 bits per heavy atom. The summed E-state index contributed by atoms with van der Waals surface area (Å²) >= 11 is 0. The Labute approximate surface area is 287 Å². The lowest BCUT2D eigenvalue weighted by atomic mass is 10.0. The van der Waals surface area contributed by atoms with E-state index in [1.165, 1.54) is 0 Å². The number of ether oxygens (including phenoxy) is 3. The van der Waals surface area contributed by atoms with Crippen molar-refractivity contribution in [3.63, 3.8) is 0 Å². The molecule has 1 atom stereocenters. The van der Waals surface area contributed by atoms with Crippen molar-refractivity contribution in [2.24, 2.45) is 0 Å². The monoisotopic (exact) mass is 661 g/mol. The SMILES string of the molecule is COc1cc(C(=O)c2cn(CCCC(=O)O)c3ccccc23)ccc1O[C@@H](CCN1CCN(c2ccccc2OC)CC1)c1ccccc1. The number of carbonyl (C=O) groups is 2. The highest BCUT2D eigenvalue weighted by Gasteiger charge is 2.24. The van der Waals surface area contributed by atoms with Crippen molar-refractivity contribution in [1.82, 2.24) is 9.47 Å². The maximum atomic E-state index is 13.9. The fourth-order valence-electron chi connectivity index (χ4n) is 6.59. The Morgan fingerprint density at radius 3 is 2.24 bits per heavy atom. The van der Waals surface area contributed by atoms with Gasteiger partial charge in [-0.15, -0.1) is 0 Å². The highest BCUT2D eigenvalue weighted by molar-refractivity contribution is 6.16. The van der Waals surface area contributed by atoms with Gasteiger partial charge in [-0.3, -0.25) is 14.5 Å². The van der Waals surface area contributed by atoms with E-state index in [0.717, 1.165) is 67.0 Å². The number of ketones is 1. The van der Waals surface area contributed by atoms with E-state index in [1.54, 1.807) is 26.4 Å². The van der Waals surface area contributed by atoms with Gasteiger partial charge in [-0.25, -0.2) is 0 Å². The smallest absolute Gasteiger partial charge is 0.303 e. The molecule has 49 heavy (non-hydrogen) atoms. The predicted octanol–water partition coefficient (Wildman–Crippen LogP) is 7.09. The lowest BCUT2D eigenvalue weighted by Gasteiger charge is -2.37. The number of aryl methyl sites for hydroxylation is 1. The minimum Gasteiger partial charge on any atom is -0.495 e. The van der Waals surface area contributed by atoms with Gasteiger partial charge in [-0.05, 0) is 48.4 Å². The number of piperazine rings is 1. The number of carboxylic acids is 1. The number of rotatable bonds is 15. The standard InChI is InChI=1S/C40H43N3O6/c1-47-36-16-9-8-15-34(36)42-25-23-41(24-26-42)22-20-35(29-11-4-3-5-12-29)49-37-19-18-30(27-38(37)48-2)40(46)32-28-43(21-10-17-39(44)45)33-14-7-6-13-31(32)33/h3-9,11-16,18-19,27-28,35H,10,17,20-26H2,1-2H3,(H,44,45)/t35-/m0/s1. The van der Waals surface area contributed by atoms with E-state index in [2.05, 4.69) is 34.1 Å². The first-order valence-electron chi connectivity index (χ1n) is 16.8. The second kappa shape index (κ2) is 15.7. The van der Waals surface area contributed by atoms with E-state index in [9.17, 15) is 9.59 Å². The molecule has 1 aliphatic heterocycles. The minimum absolute atomic E-state index is 0.0684. The van der Waals surface area contributed by atoms with E-state index in [0.29, 0.717) is 35.6 Å². The van der Waals surface area contributed by atoms with Crippen molar-refractivity contribution in [2.75, 3.05) is 51.8 Å². The quantitative estimate of drug-likeness (QED) is 0.119. The van der Waals surface area contributed by atoms with Crippen LogP contribution in [0, 0.1) is 0 Å². The van der Waals surface area contributed by atoms with E-state index < -0.39 is 5.97 Å². The molecular formula is C40H43N3O6. The zero-order valence-corrected chi connectivity index (χ0v) is 28.1. The van der Waals surface area contributed by atoms with E-state index in [1.807, 2.05) is 71.4 Å². The Bertz CT molecular complexity index is 1880. The minimum atomic E-state index is -0.834. The van der Waals surface area contributed by atoms with E-state index in [-0.39, 0.29) is 18.3 Å². The molecule has 0 radical (unpaired) electrons. The lowest BCUT2D eigenvalue weighted by molar-refractivity contribution is -0.137. The Morgan fingerprint density at radius 1 is 0.776 bits per heavy atom. The van der Waals surface area contributed by atoms with Gasteiger partial charge < -0.3 is 28.8 Å². The van der Waals surface area contributed by atoms with Gasteiger partial charge >= 0.3 is 5.97 Å². The number of carboxylic acid groups (broad SMARTS) is 1. The molecule has 1 N–H and O–H groups in total. The fraction of sp³-hybridized carbons (Fsp3) is 0.300. The summed E-state index contributed by atoms with van der Waals surface area (Å²) in [6, 6.07) is 31.4. The van der Waals surface area contributed by atoms with Crippen LogP contribution in [0.2, 0.25) is 0 Å². The summed E-state index contributed by atoms with van der Waals surface area (Å²) in [6.07, 6.45) is 2.94. The van der Waals surface area contributed by atoms with Crippen molar-refractivity contribution in [3.05, 3.63) is 120 Å². The maximum Gasteiger partial charge on any atom is 0.303 e. The summed E-state index contributed by atoms with van der Waals surface area (Å²) in [5, 5.41) is 9.92. The van der Waals surface area contributed by atoms with Crippen LogP contribution in [0.5, 0.6) is 17.2 Å². The molecule has 1 fully saturated rings. The Hall–Kier alpha value is -5.28. The van der Waals surface area contributed by atoms with Crippen LogP contribution in [0.3, 0.4) is 0 Å². The van der Waals surface area contributed by atoms with Crippen molar-refractivity contribution < 1.29 is 28.9 Å². The van der Waals surface area contributed by atoms with Gasteiger partial charge in [0.1, 0.15) is 11.9 Å². The molecular weight excluding hydrogens is 618 g/mol. The Balaban J connectivity index is 1.16. The highest BCUT2D eigenvalue weighted by Crippen LogP contribution is 2.35. The molecule has 6 rings (SSSR count). The third-order valence-electron chi connectivity index (χ3n) is 9.19. The van der Waals surface area contributed by atoms with Crippen LogP contribution in [-0.4, -0.2) is 73.3 Å². The van der Waals surface area contributed by atoms with Crippen molar-refractivity contribution in [2.45, 2.75) is 31.9 Å². The van der Waals surface area contributed by atoms with Gasteiger partial charge in [0.15, 0.2) is 17.3 Å². The zero-order chi connectivity index (χ0) is 34.2. The van der Waals surface area contributed by atoms with Crippen molar-refractivity contribution in [3.8, 4) is 17.2 Å². The third-order valence-corrected chi connectivity index (χ3v) is 9.19. The van der Waals surface area contributed by atoms with Gasteiger partial charge in [-0.1, -0.05) is 60.7 Å². The van der Waals surface area contributed by atoms with Crippen LogP contribution in [0.1, 0.15) is 46.9 Å². The summed E-state index contributed by atoms with van der Waals surface area (Å²) < 4.78 is 20.0. The number of para-hydroxylation sites is 3. The Kier molecular flexibility index (Phi) is 10.8. The number of methoxy groups -OCH3 is 2. The second-order valence-corrected chi connectivity index (χ2v) is 12.3. The van der Waals surface area contributed by atoms with Gasteiger partial charge in [0, 0.05) is 80.3 Å². The van der Waals surface area contributed by atoms with Crippen LogP contribution in [0.4, 0.5) is 5.69 Å². The van der Waals surface area contributed by atoms with E-state index >= 15 is 0 Å². The number of nitrogens with zero attached hydrogens (tertiary/aromatic N) is 3. The molecule has 5 aromatic rings. The van der Waals surface area contributed by atoms with Gasteiger partial charge in [0.05, 0.1) is 19.9 Å². The molecule has 0 aliphatic carbocycles. The number of hydrogen-bond acceptors (Lipinski definition) is 7. The number of benzene rings is 4. The van der Waals surface area contributed by atoms with Gasteiger partial charge in [-0.2, -0.15) is 0 Å². The molecule has 0 spiro atoms. The van der Waals surface area contributed by atoms with Crippen LogP contribution in [0.15, 0.2) is 103 Å². The van der Waals surface area contributed by atoms with Crippen LogP contribution in [-0.2, 0) is 11.3 Å². The van der Waals surface area contributed by atoms with Crippen LogP contribution in [0.25, 0.3) is 10.9 Å². The summed E-state index contributed by atoms with van der Waals surface area (Å²) in [5.74, 6) is 0.993. The second-order valence-electron chi connectivity index (χ2n) is 12.3. The fourth-order valence-corrected chi connectivity index (χ4v) is 6.59. The molecule has 1 saturated heterocycles. The molecule has 1 aromatic heterocycles. The summed E-state index contributed by atoms with van der Waals surface area (Å²) in [4.78, 5) is 29.8. The molecule has 0 bridgehead atoms. The summed E-state index contributed by atoms with van der Waals surface area (Å²) in [5.41, 5.74) is 4.16. The lowest BCUT2D eigenvalue weighted by Crippen LogP contribution is -2.47. The van der Waals surface area contributed by atoms with E-state index in [4.69, 9.17) is 19.3 Å². The number of anilines is 1. The van der Waals surface area contributed by atoms with Crippen LogP contribution < -0.4 is 19.1 Å². The average molecular weight is 662 g/mol. The van der Waals surface area contributed by atoms with Crippen LogP contribution >= 0.6 is 0 Å². The topological polar surface area (TPSA) is 93.5 Å². The number of aliphatic carboxylic acids is 1. The molecule has 254 valence electrons. The predicted molar refractivity (Wildman–Crippen MR) is 191 cm³/mol. The first-order valence-corrected chi connectivity index (χ1v) is 16.8. The first-order chi connectivity index (χ1) is 23.9. The third kappa shape index (κ3) is 7.90. The summed E-state index contributed by atoms with van der Waals surface area (Å²) in [6.45, 7) is 5.09. The number of hydrogen-bond donors (Lipinski definition) is 1. The summed E-state index contributed by atoms with van der Waals surface area (Å²) in [7, 11) is 3.30. The molecule has 0 unspecified atom stereocenters. The van der Waals surface area contributed by atoms with Crippen molar-refractivity contribution in [1.29, 1.82) is 0 Å². The number of fused-ring (bicyclic) bond motifs is 1. The largest absolute Gasteiger partial charge is 0.495 e. The number of carbonyl (C=O) groups excluding carboxylic acids is 1. The molecule has 0 saturated carbocycles. The van der Waals surface area contributed by atoms with Gasteiger partial charge in [0.25, 0.3) is 0 Å². The molecule has 0 amide bonds. The molecule has 9 nitrogen and oxygen atoms in total. The highest BCUT2D eigenvalue weighted by atomic mass is 16.5. The van der Waals surface area contributed by atoms with Crippen molar-refractivity contribution >= 4 is 28.3 Å². The molecule has 1 aliphatic rings. The molecule has 4 aromatic carbocycles. The van der Waals surface area contributed by atoms with Gasteiger partial charge in [0.2, 0.25) is 0 Å². The maximum absolute atomic E-state index is 13.9. The molecule has 9 heteroatoms.